The van der Waals surface area contributed by atoms with Crippen molar-refractivity contribution in [3.05, 3.63) is 84.4 Å². The summed E-state index contributed by atoms with van der Waals surface area (Å²) in [5, 5.41) is 0. The quantitative estimate of drug-likeness (QED) is 0.527. The van der Waals surface area contributed by atoms with Crippen LogP contribution in [-0.4, -0.2) is 34.5 Å². The summed E-state index contributed by atoms with van der Waals surface area (Å²) in [4.78, 5) is 14.6. The smallest absolute Gasteiger partial charge is 0.264 e. The summed E-state index contributed by atoms with van der Waals surface area (Å²) in [6.07, 6.45) is 0. The number of carbonyl (C=O) groups is 1. The second-order valence-corrected chi connectivity index (χ2v) is 8.90. The van der Waals surface area contributed by atoms with Crippen LogP contribution >= 0.6 is 0 Å². The number of ether oxygens (including phenoxy) is 1. The largest absolute Gasteiger partial charge is 0.494 e. The zero-order chi connectivity index (χ0) is 22.4. The van der Waals surface area contributed by atoms with Gasteiger partial charge in [0.05, 0.1) is 17.2 Å². The summed E-state index contributed by atoms with van der Waals surface area (Å²) in [5.74, 6) is 0.240. The minimum absolute atomic E-state index is 0.0895. The van der Waals surface area contributed by atoms with E-state index in [0.717, 1.165) is 9.87 Å². The third-order valence-corrected chi connectivity index (χ3v) is 6.63. The number of carbonyl (C=O) groups excluding carboxylic acids is 1. The van der Waals surface area contributed by atoms with Crippen molar-refractivity contribution < 1.29 is 17.9 Å². The first-order chi connectivity index (χ1) is 14.8. The van der Waals surface area contributed by atoms with Crippen LogP contribution in [0.25, 0.3) is 0 Å². The predicted molar refractivity (Wildman–Crippen MR) is 123 cm³/mol. The summed E-state index contributed by atoms with van der Waals surface area (Å²) < 4.78 is 33.5. The number of nitrogens with zero attached hydrogens (tertiary/aromatic N) is 2. The molecule has 0 unspecified atom stereocenters. The van der Waals surface area contributed by atoms with Crippen LogP contribution < -0.4 is 13.9 Å². The lowest BCUT2D eigenvalue weighted by atomic mass is 10.2. The molecule has 0 aliphatic heterocycles. The van der Waals surface area contributed by atoms with E-state index in [1.54, 1.807) is 43.4 Å². The van der Waals surface area contributed by atoms with Crippen molar-refractivity contribution in [2.24, 2.45) is 0 Å². The monoisotopic (exact) mass is 438 g/mol. The Morgan fingerprint density at radius 2 is 1.48 bits per heavy atom. The Labute approximate surface area is 183 Å². The van der Waals surface area contributed by atoms with Gasteiger partial charge in [-0.3, -0.25) is 9.10 Å². The normalized spacial score (nSPS) is 11.1. The van der Waals surface area contributed by atoms with Gasteiger partial charge in [-0.1, -0.05) is 35.9 Å². The maximum atomic E-state index is 13.5. The zero-order valence-electron chi connectivity index (χ0n) is 17.9. The maximum Gasteiger partial charge on any atom is 0.264 e. The number of benzene rings is 3. The van der Waals surface area contributed by atoms with Gasteiger partial charge in [0.25, 0.3) is 10.0 Å². The van der Waals surface area contributed by atoms with Gasteiger partial charge in [-0.25, -0.2) is 8.42 Å². The first-order valence-electron chi connectivity index (χ1n) is 9.97. The van der Waals surface area contributed by atoms with Crippen LogP contribution in [-0.2, 0) is 14.8 Å². The molecule has 0 N–H and O–H groups in total. The van der Waals surface area contributed by atoms with Crippen molar-refractivity contribution in [1.29, 1.82) is 0 Å². The maximum absolute atomic E-state index is 13.5. The van der Waals surface area contributed by atoms with Crippen molar-refractivity contribution in [3.8, 4) is 5.75 Å². The fourth-order valence-corrected chi connectivity index (χ4v) is 4.47. The third-order valence-electron chi connectivity index (χ3n) is 4.84. The molecule has 0 fully saturated rings. The van der Waals surface area contributed by atoms with Gasteiger partial charge in [0.1, 0.15) is 12.3 Å². The number of aryl methyl sites for hydroxylation is 1. The van der Waals surface area contributed by atoms with E-state index >= 15 is 0 Å². The van der Waals surface area contributed by atoms with Gasteiger partial charge in [0.2, 0.25) is 5.91 Å². The topological polar surface area (TPSA) is 66.9 Å². The molecule has 0 radical (unpaired) electrons. The van der Waals surface area contributed by atoms with E-state index in [9.17, 15) is 13.2 Å². The predicted octanol–water partition coefficient (Wildman–Crippen LogP) is 4.25. The lowest BCUT2D eigenvalue weighted by Crippen LogP contribution is -2.41. The molecule has 6 nitrogen and oxygen atoms in total. The summed E-state index contributed by atoms with van der Waals surface area (Å²) >= 11 is 0. The first-order valence-corrected chi connectivity index (χ1v) is 11.4. The molecule has 0 atom stereocenters. The Morgan fingerprint density at radius 1 is 0.871 bits per heavy atom. The minimum Gasteiger partial charge on any atom is -0.494 e. The molecule has 0 heterocycles. The second-order valence-electron chi connectivity index (χ2n) is 7.04. The van der Waals surface area contributed by atoms with Gasteiger partial charge < -0.3 is 9.64 Å². The molecule has 3 aromatic carbocycles. The van der Waals surface area contributed by atoms with Crippen LogP contribution in [0.3, 0.4) is 0 Å². The third kappa shape index (κ3) is 5.24. The van der Waals surface area contributed by atoms with Crippen molar-refractivity contribution in [1.82, 2.24) is 0 Å². The van der Waals surface area contributed by atoms with E-state index in [4.69, 9.17) is 4.74 Å². The average Bonchev–Trinajstić information content (AvgIpc) is 2.78. The van der Waals surface area contributed by atoms with Gasteiger partial charge in [-0.2, -0.15) is 0 Å². The second kappa shape index (κ2) is 9.66. The van der Waals surface area contributed by atoms with Crippen molar-refractivity contribution in [2.45, 2.75) is 18.7 Å². The van der Waals surface area contributed by atoms with E-state index in [1.807, 2.05) is 44.2 Å². The lowest BCUT2D eigenvalue weighted by Gasteiger charge is -2.27. The number of amides is 1. The Bertz CT molecular complexity index is 1110. The molecule has 1 amide bonds. The highest BCUT2D eigenvalue weighted by Crippen LogP contribution is 2.26. The molecule has 0 saturated carbocycles. The van der Waals surface area contributed by atoms with Gasteiger partial charge in [-0.15, -0.1) is 0 Å². The number of hydrogen-bond acceptors (Lipinski definition) is 4. The lowest BCUT2D eigenvalue weighted by molar-refractivity contribution is -0.116. The molecule has 0 saturated heterocycles. The summed E-state index contributed by atoms with van der Waals surface area (Å²) in [6, 6.07) is 22.4. The van der Waals surface area contributed by atoms with Gasteiger partial charge in [-0.05, 0) is 62.4 Å². The highest BCUT2D eigenvalue weighted by Gasteiger charge is 2.28. The van der Waals surface area contributed by atoms with E-state index in [1.165, 1.54) is 17.0 Å². The number of para-hydroxylation sites is 1. The standard InChI is InChI=1S/C24H26N2O4S/c1-4-30-22-14-16-23(17-15-22)31(28,29)26(21-12-10-19(2)11-13-21)18-24(27)25(3)20-8-6-5-7-9-20/h5-17H,4,18H2,1-3H3. The molecule has 3 aromatic rings. The molecular weight excluding hydrogens is 412 g/mol. The zero-order valence-corrected chi connectivity index (χ0v) is 18.7. The van der Waals surface area contributed by atoms with Crippen LogP contribution in [0.1, 0.15) is 12.5 Å². The molecule has 0 spiro atoms. The minimum atomic E-state index is -3.98. The Balaban J connectivity index is 1.96. The molecule has 0 aliphatic rings. The fraction of sp³-hybridized carbons (Fsp3) is 0.208. The van der Waals surface area contributed by atoms with Crippen molar-refractivity contribution in [3.63, 3.8) is 0 Å². The number of anilines is 2. The number of hydrogen-bond donors (Lipinski definition) is 0. The van der Waals surface area contributed by atoms with Crippen LogP contribution in [0.5, 0.6) is 5.75 Å². The van der Waals surface area contributed by atoms with E-state index in [2.05, 4.69) is 0 Å². The SMILES string of the molecule is CCOc1ccc(S(=O)(=O)N(CC(=O)N(C)c2ccccc2)c2ccc(C)cc2)cc1. The van der Waals surface area contributed by atoms with Crippen LogP contribution in [0.4, 0.5) is 11.4 Å². The summed E-state index contributed by atoms with van der Waals surface area (Å²) in [5.41, 5.74) is 2.11. The summed E-state index contributed by atoms with van der Waals surface area (Å²) in [7, 11) is -2.35. The molecule has 0 bridgehead atoms. The van der Waals surface area contributed by atoms with Crippen LogP contribution in [0, 0.1) is 6.92 Å². The van der Waals surface area contributed by atoms with Crippen molar-refractivity contribution in [2.75, 3.05) is 29.4 Å². The van der Waals surface area contributed by atoms with E-state index < -0.39 is 10.0 Å². The number of sulfonamides is 1. The first kappa shape index (κ1) is 22.4. The van der Waals surface area contributed by atoms with Gasteiger partial charge in [0.15, 0.2) is 0 Å². The van der Waals surface area contributed by atoms with Crippen molar-refractivity contribution >= 4 is 27.3 Å². The number of rotatable bonds is 8. The highest BCUT2D eigenvalue weighted by molar-refractivity contribution is 7.92. The van der Waals surface area contributed by atoms with Gasteiger partial charge in [0, 0.05) is 12.7 Å². The molecule has 162 valence electrons. The molecular formula is C24H26N2O4S. The molecule has 0 aromatic heterocycles. The Morgan fingerprint density at radius 3 is 2.06 bits per heavy atom. The van der Waals surface area contributed by atoms with E-state index in [-0.39, 0.29) is 17.3 Å². The Hall–Kier alpha value is -3.32. The highest BCUT2D eigenvalue weighted by atomic mass is 32.2. The summed E-state index contributed by atoms with van der Waals surface area (Å²) in [6.45, 7) is 3.94. The molecule has 3 rings (SSSR count). The average molecular weight is 439 g/mol. The fourth-order valence-electron chi connectivity index (χ4n) is 3.05. The van der Waals surface area contributed by atoms with E-state index in [0.29, 0.717) is 23.7 Å². The number of likely N-dealkylation sites (N-methyl/N-ethyl adjacent to an activating group) is 1. The molecule has 31 heavy (non-hydrogen) atoms. The molecule has 0 aliphatic carbocycles. The van der Waals surface area contributed by atoms with Gasteiger partial charge >= 0.3 is 0 Å². The van der Waals surface area contributed by atoms with Crippen LogP contribution in [0.15, 0.2) is 83.8 Å². The van der Waals surface area contributed by atoms with Crippen LogP contribution in [0.2, 0.25) is 0 Å². The Kier molecular flexibility index (Phi) is 6.97. The molecule has 7 heteroatoms.